The molecule has 3 rings (SSSR count). The van der Waals surface area contributed by atoms with Crippen molar-refractivity contribution >= 4 is 11.8 Å². The number of nitrogens with one attached hydrogen (secondary N) is 2. The van der Waals surface area contributed by atoms with Crippen LogP contribution in [0.3, 0.4) is 0 Å². The number of quaternary nitrogens is 1. The quantitative estimate of drug-likeness (QED) is 0.692. The van der Waals surface area contributed by atoms with Crippen molar-refractivity contribution in [3.8, 4) is 5.69 Å². The van der Waals surface area contributed by atoms with Gasteiger partial charge in [0.2, 0.25) is 5.91 Å². The first kappa shape index (κ1) is 18.1. The molecule has 0 saturated heterocycles. The molecule has 0 unspecified atom stereocenters. The summed E-state index contributed by atoms with van der Waals surface area (Å²) >= 11 is 0. The highest BCUT2D eigenvalue weighted by Gasteiger charge is 2.32. The molecule has 26 heavy (non-hydrogen) atoms. The normalized spacial score (nSPS) is 13.3. The highest BCUT2D eigenvalue weighted by molar-refractivity contribution is 5.99. The second-order valence-corrected chi connectivity index (χ2v) is 6.47. The molecule has 1 aromatic carbocycles. The summed E-state index contributed by atoms with van der Waals surface area (Å²) < 4.78 is 1.77. The predicted molar refractivity (Wildman–Crippen MR) is 98.2 cm³/mol. The number of amides is 2. The maximum atomic E-state index is 12.5. The highest BCUT2D eigenvalue weighted by Crippen LogP contribution is 2.24. The van der Waals surface area contributed by atoms with E-state index < -0.39 is 0 Å². The standard InChI is InChI=1S/C19H25N5O2/c1-3-22(4-2)11-10-20-18(25)14-23-13-17-16(19(23)26)12-21-24(17)15-8-6-5-7-9-15/h5-9,12H,3-4,10-11,13-14H2,1-2H3,(H,20,25)/p+1. The minimum Gasteiger partial charge on any atom is -0.349 e. The number of nitrogens with zero attached hydrogens (tertiary/aromatic N) is 3. The van der Waals surface area contributed by atoms with Crippen LogP contribution in [0.2, 0.25) is 0 Å². The van der Waals surface area contributed by atoms with Crippen molar-refractivity contribution in [3.05, 3.63) is 47.8 Å². The molecule has 7 heteroatoms. The van der Waals surface area contributed by atoms with E-state index in [9.17, 15) is 9.59 Å². The van der Waals surface area contributed by atoms with E-state index in [4.69, 9.17) is 0 Å². The third kappa shape index (κ3) is 3.77. The van der Waals surface area contributed by atoms with Crippen LogP contribution in [0.1, 0.15) is 29.9 Å². The second-order valence-electron chi connectivity index (χ2n) is 6.47. The number of hydrogen-bond donors (Lipinski definition) is 2. The van der Waals surface area contributed by atoms with Crippen molar-refractivity contribution in [2.24, 2.45) is 0 Å². The van der Waals surface area contributed by atoms with E-state index >= 15 is 0 Å². The van der Waals surface area contributed by atoms with Crippen molar-refractivity contribution in [1.29, 1.82) is 0 Å². The summed E-state index contributed by atoms with van der Waals surface area (Å²) in [5.41, 5.74) is 2.32. The average molecular weight is 356 g/mol. The number of para-hydroxylation sites is 1. The Kier molecular flexibility index (Phi) is 5.68. The molecule has 0 fully saturated rings. The molecule has 0 atom stereocenters. The molecular weight excluding hydrogens is 330 g/mol. The zero-order valence-corrected chi connectivity index (χ0v) is 15.4. The SMILES string of the molecule is CC[NH+](CC)CCNC(=O)CN1Cc2c(cnn2-c2ccccc2)C1=O. The second kappa shape index (κ2) is 8.14. The summed E-state index contributed by atoms with van der Waals surface area (Å²) in [7, 11) is 0. The van der Waals surface area contributed by atoms with Crippen LogP contribution >= 0.6 is 0 Å². The van der Waals surface area contributed by atoms with Crippen molar-refractivity contribution in [2.75, 3.05) is 32.7 Å². The van der Waals surface area contributed by atoms with Crippen molar-refractivity contribution in [1.82, 2.24) is 20.0 Å². The molecule has 1 aliphatic rings. The molecule has 1 aromatic heterocycles. The first-order chi connectivity index (χ1) is 12.6. The van der Waals surface area contributed by atoms with Crippen LogP contribution in [-0.4, -0.2) is 59.2 Å². The lowest BCUT2D eigenvalue weighted by atomic mass is 10.2. The van der Waals surface area contributed by atoms with Gasteiger partial charge in [0.15, 0.2) is 0 Å². The van der Waals surface area contributed by atoms with E-state index in [2.05, 4.69) is 24.3 Å². The largest absolute Gasteiger partial charge is 0.349 e. The van der Waals surface area contributed by atoms with Crippen LogP contribution in [0.15, 0.2) is 36.5 Å². The molecule has 0 bridgehead atoms. The van der Waals surface area contributed by atoms with E-state index in [0.717, 1.165) is 31.0 Å². The van der Waals surface area contributed by atoms with E-state index in [0.29, 0.717) is 18.7 Å². The lowest BCUT2D eigenvalue weighted by molar-refractivity contribution is -0.895. The van der Waals surface area contributed by atoms with Gasteiger partial charge in [0.05, 0.1) is 55.9 Å². The number of carbonyl (C=O) groups is 2. The van der Waals surface area contributed by atoms with Gasteiger partial charge in [0.1, 0.15) is 6.54 Å². The molecule has 0 spiro atoms. The van der Waals surface area contributed by atoms with E-state index in [-0.39, 0.29) is 18.4 Å². The summed E-state index contributed by atoms with van der Waals surface area (Å²) in [4.78, 5) is 27.8. The van der Waals surface area contributed by atoms with Gasteiger partial charge in [-0.1, -0.05) is 18.2 Å². The van der Waals surface area contributed by atoms with Crippen LogP contribution in [0.5, 0.6) is 0 Å². The number of rotatable bonds is 8. The third-order valence-corrected chi connectivity index (χ3v) is 4.86. The van der Waals surface area contributed by atoms with Gasteiger partial charge in [0, 0.05) is 0 Å². The summed E-state index contributed by atoms with van der Waals surface area (Å²) in [5.74, 6) is -0.249. The number of fused-ring (bicyclic) bond motifs is 1. The summed E-state index contributed by atoms with van der Waals surface area (Å²) in [6, 6.07) is 9.70. The maximum absolute atomic E-state index is 12.5. The number of benzene rings is 1. The summed E-state index contributed by atoms with van der Waals surface area (Å²) in [5, 5.41) is 7.24. The lowest BCUT2D eigenvalue weighted by Gasteiger charge is -2.18. The van der Waals surface area contributed by atoms with Crippen LogP contribution < -0.4 is 10.2 Å². The Hall–Kier alpha value is -2.67. The first-order valence-corrected chi connectivity index (χ1v) is 9.15. The Bertz CT molecular complexity index is 767. The van der Waals surface area contributed by atoms with Crippen molar-refractivity contribution < 1.29 is 14.5 Å². The van der Waals surface area contributed by atoms with Gasteiger partial charge in [-0.25, -0.2) is 4.68 Å². The Morgan fingerprint density at radius 2 is 1.96 bits per heavy atom. The summed E-state index contributed by atoms with van der Waals surface area (Å²) in [6.07, 6.45) is 1.59. The van der Waals surface area contributed by atoms with Crippen LogP contribution in [0, 0.1) is 0 Å². The van der Waals surface area contributed by atoms with E-state index in [1.54, 1.807) is 15.8 Å². The Balaban J connectivity index is 1.59. The van der Waals surface area contributed by atoms with E-state index in [1.165, 1.54) is 4.90 Å². The Labute approximate surface area is 153 Å². The maximum Gasteiger partial charge on any atom is 0.258 e. The molecular formula is C19H26N5O2+. The van der Waals surface area contributed by atoms with Gasteiger partial charge in [0.25, 0.3) is 5.91 Å². The molecule has 2 heterocycles. The summed E-state index contributed by atoms with van der Waals surface area (Å²) in [6.45, 7) is 8.37. The predicted octanol–water partition coefficient (Wildman–Crippen LogP) is -0.131. The molecule has 2 N–H and O–H groups in total. The highest BCUT2D eigenvalue weighted by atomic mass is 16.2. The fraction of sp³-hybridized carbons (Fsp3) is 0.421. The number of aromatic nitrogens is 2. The first-order valence-electron chi connectivity index (χ1n) is 9.15. The number of likely N-dealkylation sites (N-methyl/N-ethyl adjacent to an activating group) is 1. The third-order valence-electron chi connectivity index (χ3n) is 4.86. The van der Waals surface area contributed by atoms with Gasteiger partial charge < -0.3 is 15.1 Å². The fourth-order valence-electron chi connectivity index (χ4n) is 3.26. The average Bonchev–Trinajstić information content (AvgIpc) is 3.20. The number of hydrogen-bond acceptors (Lipinski definition) is 3. The zero-order valence-electron chi connectivity index (χ0n) is 15.4. The van der Waals surface area contributed by atoms with Crippen LogP contribution in [-0.2, 0) is 11.3 Å². The van der Waals surface area contributed by atoms with Gasteiger partial charge in [-0.15, -0.1) is 0 Å². The van der Waals surface area contributed by atoms with Gasteiger partial charge in [-0.05, 0) is 26.0 Å². The number of carbonyl (C=O) groups excluding carboxylic acids is 2. The molecule has 0 aliphatic carbocycles. The molecule has 0 saturated carbocycles. The minimum absolute atomic E-state index is 0.0793. The molecule has 7 nitrogen and oxygen atoms in total. The van der Waals surface area contributed by atoms with Gasteiger partial charge in [-0.3, -0.25) is 9.59 Å². The van der Waals surface area contributed by atoms with Gasteiger partial charge in [-0.2, -0.15) is 5.10 Å². The molecule has 1 aliphatic heterocycles. The topological polar surface area (TPSA) is 71.7 Å². The van der Waals surface area contributed by atoms with Crippen molar-refractivity contribution in [3.63, 3.8) is 0 Å². The molecule has 2 aromatic rings. The smallest absolute Gasteiger partial charge is 0.258 e. The van der Waals surface area contributed by atoms with Crippen LogP contribution in [0.25, 0.3) is 5.69 Å². The minimum atomic E-state index is -0.133. The van der Waals surface area contributed by atoms with Crippen molar-refractivity contribution in [2.45, 2.75) is 20.4 Å². The molecule has 2 amide bonds. The molecule has 138 valence electrons. The Morgan fingerprint density at radius 3 is 2.65 bits per heavy atom. The monoisotopic (exact) mass is 356 g/mol. The fourth-order valence-corrected chi connectivity index (χ4v) is 3.26. The van der Waals surface area contributed by atoms with Gasteiger partial charge >= 0.3 is 0 Å². The lowest BCUT2D eigenvalue weighted by Crippen LogP contribution is -3.12. The van der Waals surface area contributed by atoms with Crippen LogP contribution in [0.4, 0.5) is 0 Å². The Morgan fingerprint density at radius 1 is 1.23 bits per heavy atom. The van der Waals surface area contributed by atoms with E-state index in [1.807, 2.05) is 30.3 Å². The molecule has 0 radical (unpaired) electrons. The zero-order chi connectivity index (χ0) is 18.5.